The van der Waals surface area contributed by atoms with Gasteiger partial charge in [0.2, 0.25) is 0 Å². The summed E-state index contributed by atoms with van der Waals surface area (Å²) in [5.41, 5.74) is 0. The molecule has 44 heavy (non-hydrogen) atoms. The van der Waals surface area contributed by atoms with Gasteiger partial charge < -0.3 is 9.84 Å². The van der Waals surface area contributed by atoms with Crippen LogP contribution in [0.4, 0.5) is 0 Å². The van der Waals surface area contributed by atoms with E-state index in [9.17, 15) is 9.59 Å². The van der Waals surface area contributed by atoms with Crippen LogP contribution in [0.1, 0.15) is 187 Å². The largest absolute Gasteiger partial charge is 0.481 e. The highest BCUT2D eigenvalue weighted by Gasteiger charge is 2.14. The zero-order valence-electron chi connectivity index (χ0n) is 29.0. The van der Waals surface area contributed by atoms with Gasteiger partial charge in [-0.3, -0.25) is 9.59 Å². The fourth-order valence-corrected chi connectivity index (χ4v) is 5.28. The lowest BCUT2D eigenvalue weighted by atomic mass is 10.0. The van der Waals surface area contributed by atoms with Gasteiger partial charge in [-0.05, 0) is 83.5 Å². The van der Waals surface area contributed by atoms with Crippen molar-refractivity contribution < 1.29 is 19.4 Å². The topological polar surface area (TPSA) is 63.6 Å². The fourth-order valence-electron chi connectivity index (χ4n) is 5.28. The normalized spacial score (nSPS) is 12.8. The summed E-state index contributed by atoms with van der Waals surface area (Å²) in [7, 11) is 0. The maximum atomic E-state index is 12.5. The van der Waals surface area contributed by atoms with E-state index >= 15 is 0 Å². The number of aliphatic carboxylic acids is 1. The van der Waals surface area contributed by atoms with E-state index in [-0.39, 0.29) is 12.1 Å². The number of hydrogen-bond acceptors (Lipinski definition) is 3. The first-order valence-corrected chi connectivity index (χ1v) is 18.6. The summed E-state index contributed by atoms with van der Waals surface area (Å²) in [6.45, 7) is 4.47. The molecule has 0 bridgehead atoms. The van der Waals surface area contributed by atoms with E-state index in [0.717, 1.165) is 89.9 Å². The number of carbonyl (C=O) groups excluding carboxylic acids is 1. The van der Waals surface area contributed by atoms with Crippen LogP contribution in [0, 0.1) is 0 Å². The second kappa shape index (κ2) is 35.4. The van der Waals surface area contributed by atoms with Crippen molar-refractivity contribution in [1.29, 1.82) is 0 Å². The number of ether oxygens (including phenoxy) is 1. The maximum absolute atomic E-state index is 12.5. The Balaban J connectivity index is 3.91. The van der Waals surface area contributed by atoms with Crippen molar-refractivity contribution in [3.63, 3.8) is 0 Å². The molecule has 0 aliphatic carbocycles. The van der Waals surface area contributed by atoms with Gasteiger partial charge in [0.15, 0.2) is 0 Å². The van der Waals surface area contributed by atoms with Gasteiger partial charge in [0.25, 0.3) is 0 Å². The molecule has 0 aliphatic heterocycles. The molecule has 0 spiro atoms. The van der Waals surface area contributed by atoms with Crippen molar-refractivity contribution in [3.8, 4) is 0 Å². The van der Waals surface area contributed by atoms with Crippen LogP contribution in [-0.4, -0.2) is 23.1 Å². The molecule has 4 nitrogen and oxygen atoms in total. The highest BCUT2D eigenvalue weighted by Crippen LogP contribution is 2.18. The zero-order chi connectivity index (χ0) is 32.2. The number of esters is 1. The smallest absolute Gasteiger partial charge is 0.306 e. The van der Waals surface area contributed by atoms with Crippen LogP contribution in [0.25, 0.3) is 0 Å². The van der Waals surface area contributed by atoms with Gasteiger partial charge in [0, 0.05) is 12.8 Å². The third-order valence-electron chi connectivity index (χ3n) is 8.05. The lowest BCUT2D eigenvalue weighted by molar-refractivity contribution is -0.150. The Labute approximate surface area is 272 Å². The van der Waals surface area contributed by atoms with Gasteiger partial charge in [0.1, 0.15) is 6.10 Å². The van der Waals surface area contributed by atoms with Gasteiger partial charge >= 0.3 is 11.9 Å². The first kappa shape index (κ1) is 41.9. The molecule has 0 rings (SSSR count). The number of carboxylic acid groups (broad SMARTS) is 1. The van der Waals surface area contributed by atoms with E-state index in [4.69, 9.17) is 9.84 Å². The molecule has 1 unspecified atom stereocenters. The van der Waals surface area contributed by atoms with E-state index in [0.29, 0.717) is 12.8 Å². The molecule has 0 aliphatic rings. The summed E-state index contributed by atoms with van der Waals surface area (Å²) in [6, 6.07) is 0. The lowest BCUT2D eigenvalue weighted by Crippen LogP contribution is -2.18. The molecule has 1 atom stereocenters. The quantitative estimate of drug-likeness (QED) is 0.0454. The highest BCUT2D eigenvalue weighted by molar-refractivity contribution is 5.69. The molecule has 0 fully saturated rings. The minimum atomic E-state index is -0.687. The van der Waals surface area contributed by atoms with Gasteiger partial charge in [0.05, 0.1) is 0 Å². The minimum absolute atomic E-state index is 0.00965. The average molecular weight is 615 g/mol. The third-order valence-corrected chi connectivity index (χ3v) is 8.05. The second-order valence-electron chi connectivity index (χ2n) is 12.4. The SMILES string of the molecule is CCCCC/C=C\C/C=C\C/C=C\C/C=C\CCCCCC(=O)OC(CCCCCC)CCCCCCCCCCC(=O)O. The molecule has 0 radical (unpaired) electrons. The molecular formula is C40H70O4. The Morgan fingerprint density at radius 3 is 1.41 bits per heavy atom. The van der Waals surface area contributed by atoms with Crippen molar-refractivity contribution in [2.24, 2.45) is 0 Å². The molecule has 0 saturated heterocycles. The van der Waals surface area contributed by atoms with Crippen molar-refractivity contribution in [3.05, 3.63) is 48.6 Å². The van der Waals surface area contributed by atoms with Crippen molar-refractivity contribution in [1.82, 2.24) is 0 Å². The summed E-state index contributed by atoms with van der Waals surface area (Å²) < 4.78 is 5.94. The van der Waals surface area contributed by atoms with E-state index < -0.39 is 5.97 Å². The van der Waals surface area contributed by atoms with Crippen molar-refractivity contribution in [2.75, 3.05) is 0 Å². The first-order chi connectivity index (χ1) is 21.6. The molecule has 0 aromatic carbocycles. The van der Waals surface area contributed by atoms with Crippen molar-refractivity contribution >= 4 is 11.9 Å². The number of allylic oxidation sites excluding steroid dienone is 8. The van der Waals surface area contributed by atoms with Gasteiger partial charge in [-0.15, -0.1) is 0 Å². The number of carbonyl (C=O) groups is 2. The van der Waals surface area contributed by atoms with Gasteiger partial charge in [-0.1, -0.05) is 140 Å². The number of carboxylic acids is 1. The molecule has 0 amide bonds. The summed E-state index contributed by atoms with van der Waals surface area (Å²) in [4.78, 5) is 23.1. The molecular weight excluding hydrogens is 544 g/mol. The molecule has 0 aromatic rings. The van der Waals surface area contributed by atoms with E-state index in [1.807, 2.05) is 0 Å². The van der Waals surface area contributed by atoms with Crippen LogP contribution in [-0.2, 0) is 14.3 Å². The number of hydrogen-bond donors (Lipinski definition) is 1. The van der Waals surface area contributed by atoms with Gasteiger partial charge in [-0.25, -0.2) is 0 Å². The summed E-state index contributed by atoms with van der Waals surface area (Å²) in [5.74, 6) is -0.696. The monoisotopic (exact) mass is 615 g/mol. The molecule has 1 N–H and O–H groups in total. The minimum Gasteiger partial charge on any atom is -0.481 e. The summed E-state index contributed by atoms with van der Waals surface area (Å²) >= 11 is 0. The number of rotatable bonds is 33. The van der Waals surface area contributed by atoms with Crippen LogP contribution < -0.4 is 0 Å². The molecule has 0 heterocycles. The third kappa shape index (κ3) is 34.4. The second-order valence-corrected chi connectivity index (χ2v) is 12.4. The first-order valence-electron chi connectivity index (χ1n) is 18.6. The molecule has 254 valence electrons. The highest BCUT2D eigenvalue weighted by atomic mass is 16.5. The summed E-state index contributed by atoms with van der Waals surface area (Å²) in [5, 5.41) is 8.71. The molecule has 4 heteroatoms. The Kier molecular flexibility index (Phi) is 33.7. The van der Waals surface area contributed by atoms with E-state index in [1.54, 1.807) is 0 Å². The van der Waals surface area contributed by atoms with Crippen LogP contribution in [0.3, 0.4) is 0 Å². The average Bonchev–Trinajstić information content (AvgIpc) is 3.01. The fraction of sp³-hybridized carbons (Fsp3) is 0.750. The van der Waals surface area contributed by atoms with Gasteiger partial charge in [-0.2, -0.15) is 0 Å². The van der Waals surface area contributed by atoms with E-state index in [1.165, 1.54) is 70.6 Å². The Morgan fingerprint density at radius 2 is 0.886 bits per heavy atom. The molecule has 0 aromatic heterocycles. The Morgan fingerprint density at radius 1 is 0.500 bits per heavy atom. The standard InChI is InChI=1S/C40H70O4/c1-3-5-7-9-10-11-12-13-14-15-16-17-18-19-20-21-26-29-33-37-40(43)44-38(34-30-8-6-4-2)35-31-27-24-22-23-25-28-32-36-39(41)42/h10-11,13-14,16-17,19-20,38H,3-9,12,15,18,21-37H2,1-2H3,(H,41,42)/b11-10-,14-13-,17-16-,20-19-. The van der Waals surface area contributed by atoms with Crippen LogP contribution in [0.2, 0.25) is 0 Å². The van der Waals surface area contributed by atoms with Crippen LogP contribution >= 0.6 is 0 Å². The maximum Gasteiger partial charge on any atom is 0.306 e. The Hall–Kier alpha value is -2.10. The zero-order valence-corrected chi connectivity index (χ0v) is 29.0. The number of unbranched alkanes of at least 4 members (excludes halogenated alkanes) is 16. The van der Waals surface area contributed by atoms with E-state index in [2.05, 4.69) is 62.5 Å². The van der Waals surface area contributed by atoms with Crippen molar-refractivity contribution in [2.45, 2.75) is 193 Å². The Bertz CT molecular complexity index is 748. The predicted octanol–water partition coefficient (Wildman–Crippen LogP) is 12.8. The molecule has 0 saturated carbocycles. The van der Waals surface area contributed by atoms with Crippen LogP contribution in [0.5, 0.6) is 0 Å². The predicted molar refractivity (Wildman–Crippen MR) is 190 cm³/mol. The summed E-state index contributed by atoms with van der Waals surface area (Å²) in [6.07, 6.45) is 47.1. The lowest BCUT2D eigenvalue weighted by Gasteiger charge is -2.18. The van der Waals surface area contributed by atoms with Crippen LogP contribution in [0.15, 0.2) is 48.6 Å².